The first-order chi connectivity index (χ1) is 14.6. The van der Waals surface area contributed by atoms with Crippen molar-refractivity contribution in [3.8, 4) is 17.0 Å². The van der Waals surface area contributed by atoms with E-state index in [0.717, 1.165) is 55.7 Å². The van der Waals surface area contributed by atoms with Crippen LogP contribution in [0.5, 0.6) is 5.75 Å². The lowest BCUT2D eigenvalue weighted by Crippen LogP contribution is -2.42. The van der Waals surface area contributed by atoms with Gasteiger partial charge in [-0.05, 0) is 62.6 Å². The van der Waals surface area contributed by atoms with E-state index in [4.69, 9.17) is 4.98 Å². The van der Waals surface area contributed by atoms with Crippen molar-refractivity contribution < 1.29 is 9.90 Å². The number of benzene rings is 1. The van der Waals surface area contributed by atoms with Gasteiger partial charge in [-0.2, -0.15) is 5.10 Å². The number of hydrogen-bond acceptors (Lipinski definition) is 5. The number of H-pyrrole nitrogens is 1. The lowest BCUT2D eigenvalue weighted by molar-refractivity contribution is 0.0766. The lowest BCUT2D eigenvalue weighted by Gasteiger charge is -2.33. The van der Waals surface area contributed by atoms with Gasteiger partial charge in [-0.15, -0.1) is 0 Å². The molecule has 0 saturated carbocycles. The Balaban J connectivity index is 1.55. The third kappa shape index (κ3) is 3.23. The van der Waals surface area contributed by atoms with E-state index in [1.165, 1.54) is 12.8 Å². The second-order valence-corrected chi connectivity index (χ2v) is 8.61. The predicted molar refractivity (Wildman–Crippen MR) is 115 cm³/mol. The number of nitrogens with zero attached hydrogens (tertiary/aromatic N) is 3. The first kappa shape index (κ1) is 19.1. The van der Waals surface area contributed by atoms with Gasteiger partial charge in [0.05, 0.1) is 22.3 Å². The van der Waals surface area contributed by atoms with Crippen molar-refractivity contribution >= 4 is 16.9 Å². The molecular weight excluding hydrogens is 378 g/mol. The molecule has 2 fully saturated rings. The highest BCUT2D eigenvalue weighted by atomic mass is 16.3. The third-order valence-electron chi connectivity index (χ3n) is 6.62. The maximum atomic E-state index is 13.7. The van der Waals surface area contributed by atoms with Crippen molar-refractivity contribution in [3.63, 3.8) is 0 Å². The van der Waals surface area contributed by atoms with E-state index in [0.29, 0.717) is 16.9 Å². The summed E-state index contributed by atoms with van der Waals surface area (Å²) >= 11 is 0. The van der Waals surface area contributed by atoms with Crippen LogP contribution in [-0.4, -0.2) is 57.3 Å². The van der Waals surface area contributed by atoms with E-state index in [1.807, 2.05) is 30.0 Å². The average Bonchev–Trinajstić information content (AvgIpc) is 3.38. The molecule has 0 aliphatic carbocycles. The van der Waals surface area contributed by atoms with Crippen molar-refractivity contribution in [3.05, 3.63) is 41.6 Å². The summed E-state index contributed by atoms with van der Waals surface area (Å²) in [4.78, 5) is 20.4. The minimum Gasteiger partial charge on any atom is -0.508 e. The number of phenolic OH excluding ortho intramolecular Hbond substituents is 1. The number of piperidine rings is 1. The molecule has 1 spiro atoms. The van der Waals surface area contributed by atoms with Crippen molar-refractivity contribution in [1.29, 1.82) is 0 Å². The van der Waals surface area contributed by atoms with Crippen LogP contribution in [0.25, 0.3) is 22.3 Å². The number of hydrogen-bond donors (Lipinski definition) is 3. The van der Waals surface area contributed by atoms with Crippen LogP contribution in [0.4, 0.5) is 0 Å². The fourth-order valence-electron chi connectivity index (χ4n) is 4.96. The molecule has 7 heteroatoms. The van der Waals surface area contributed by atoms with Gasteiger partial charge in [-0.25, -0.2) is 4.98 Å². The van der Waals surface area contributed by atoms with Crippen LogP contribution >= 0.6 is 0 Å². The average molecular weight is 406 g/mol. The molecule has 2 aliphatic rings. The minimum atomic E-state index is 0.0565. The number of phenols is 1. The molecule has 1 aromatic carbocycles. The number of amides is 1. The fourth-order valence-corrected chi connectivity index (χ4v) is 4.96. The number of pyridine rings is 1. The predicted octanol–water partition coefficient (Wildman–Crippen LogP) is 3.11. The van der Waals surface area contributed by atoms with Gasteiger partial charge in [0.2, 0.25) is 0 Å². The van der Waals surface area contributed by atoms with E-state index in [2.05, 4.69) is 15.5 Å². The van der Waals surface area contributed by atoms with Gasteiger partial charge in [0, 0.05) is 30.6 Å². The van der Waals surface area contributed by atoms with Crippen molar-refractivity contribution in [2.45, 2.75) is 32.6 Å². The number of aromatic hydroxyl groups is 1. The molecule has 5 rings (SSSR count). The molecule has 2 saturated heterocycles. The Hall–Kier alpha value is -2.93. The van der Waals surface area contributed by atoms with E-state index < -0.39 is 0 Å². The standard InChI is InChI=1S/C23H27N5O2/c1-2-18-20-17(22(30)28-11-9-23(14-28)8-3-10-24-13-23)12-19(25-21(20)27-26-18)15-4-6-16(29)7-5-15/h4-7,12,24,29H,2-3,8-11,13-14H2,1H3,(H,25,26,27). The highest BCUT2D eigenvalue weighted by Gasteiger charge is 2.41. The van der Waals surface area contributed by atoms with E-state index in [-0.39, 0.29) is 17.1 Å². The largest absolute Gasteiger partial charge is 0.508 e. The Morgan fingerprint density at radius 2 is 2.10 bits per heavy atom. The molecule has 2 aliphatic heterocycles. The van der Waals surface area contributed by atoms with E-state index in [9.17, 15) is 9.90 Å². The van der Waals surface area contributed by atoms with Gasteiger partial charge in [0.15, 0.2) is 5.65 Å². The summed E-state index contributed by atoms with van der Waals surface area (Å²) in [5, 5.41) is 21.4. The van der Waals surface area contributed by atoms with Crippen LogP contribution < -0.4 is 5.32 Å². The Morgan fingerprint density at radius 1 is 1.27 bits per heavy atom. The number of likely N-dealkylation sites (tertiary alicyclic amines) is 1. The summed E-state index contributed by atoms with van der Waals surface area (Å²) in [6.07, 6.45) is 4.14. The smallest absolute Gasteiger partial charge is 0.254 e. The zero-order valence-electron chi connectivity index (χ0n) is 17.2. The third-order valence-corrected chi connectivity index (χ3v) is 6.62. The van der Waals surface area contributed by atoms with Crippen molar-refractivity contribution in [1.82, 2.24) is 25.4 Å². The molecule has 0 radical (unpaired) electrons. The van der Waals surface area contributed by atoms with Gasteiger partial charge in [0.1, 0.15) is 5.75 Å². The maximum Gasteiger partial charge on any atom is 0.254 e. The Kier molecular flexibility index (Phi) is 4.70. The zero-order chi connectivity index (χ0) is 20.7. The van der Waals surface area contributed by atoms with Gasteiger partial charge >= 0.3 is 0 Å². The monoisotopic (exact) mass is 405 g/mol. The summed E-state index contributed by atoms with van der Waals surface area (Å²) in [6.45, 7) is 5.70. The number of aromatic nitrogens is 3. The fraction of sp³-hybridized carbons (Fsp3) is 0.435. The van der Waals surface area contributed by atoms with Gasteiger partial charge in [-0.3, -0.25) is 9.89 Å². The number of rotatable bonds is 3. The van der Waals surface area contributed by atoms with Crippen LogP contribution in [0.3, 0.4) is 0 Å². The molecule has 7 nitrogen and oxygen atoms in total. The Bertz CT molecular complexity index is 1080. The molecule has 0 bridgehead atoms. The van der Waals surface area contributed by atoms with Gasteiger partial charge in [-0.1, -0.05) is 6.92 Å². The van der Waals surface area contributed by atoms with Gasteiger partial charge in [0.25, 0.3) is 5.91 Å². The molecule has 3 aromatic rings. The second-order valence-electron chi connectivity index (χ2n) is 8.61. The second kappa shape index (κ2) is 7.40. The molecule has 2 aromatic heterocycles. The number of aromatic amines is 1. The molecule has 1 atom stereocenters. The van der Waals surface area contributed by atoms with Crippen LogP contribution in [0.1, 0.15) is 42.2 Å². The Morgan fingerprint density at radius 3 is 2.83 bits per heavy atom. The normalized spacial score (nSPS) is 21.6. The summed E-state index contributed by atoms with van der Waals surface area (Å²) in [5.41, 5.74) is 3.93. The number of carbonyl (C=O) groups excluding carboxylic acids is 1. The van der Waals surface area contributed by atoms with Crippen molar-refractivity contribution in [2.24, 2.45) is 5.41 Å². The zero-order valence-corrected chi connectivity index (χ0v) is 17.2. The van der Waals surface area contributed by atoms with Crippen LogP contribution in [0.2, 0.25) is 0 Å². The number of aryl methyl sites for hydroxylation is 1. The van der Waals surface area contributed by atoms with Crippen LogP contribution in [-0.2, 0) is 6.42 Å². The quantitative estimate of drug-likeness (QED) is 0.622. The summed E-state index contributed by atoms with van der Waals surface area (Å²) in [7, 11) is 0. The topological polar surface area (TPSA) is 94.1 Å². The summed E-state index contributed by atoms with van der Waals surface area (Å²) in [6, 6.07) is 8.78. The molecule has 156 valence electrons. The number of fused-ring (bicyclic) bond motifs is 1. The molecule has 4 heterocycles. The van der Waals surface area contributed by atoms with Crippen LogP contribution in [0, 0.1) is 5.41 Å². The van der Waals surface area contributed by atoms with Crippen LogP contribution in [0.15, 0.2) is 30.3 Å². The summed E-state index contributed by atoms with van der Waals surface area (Å²) < 4.78 is 0. The van der Waals surface area contributed by atoms with E-state index >= 15 is 0 Å². The molecule has 1 amide bonds. The number of carbonyl (C=O) groups is 1. The molecular formula is C23H27N5O2. The summed E-state index contributed by atoms with van der Waals surface area (Å²) in [5.74, 6) is 0.260. The minimum absolute atomic E-state index is 0.0565. The first-order valence-corrected chi connectivity index (χ1v) is 10.8. The highest BCUT2D eigenvalue weighted by Crippen LogP contribution is 2.38. The SMILES string of the molecule is CCc1n[nH]c2nc(-c3ccc(O)cc3)cc(C(=O)N3CCC4(CCCNC4)C3)c12. The van der Waals surface area contributed by atoms with E-state index in [1.54, 1.807) is 12.1 Å². The molecule has 30 heavy (non-hydrogen) atoms. The maximum absolute atomic E-state index is 13.7. The lowest BCUT2D eigenvalue weighted by atomic mass is 9.80. The van der Waals surface area contributed by atoms with Crippen molar-refractivity contribution in [2.75, 3.05) is 26.2 Å². The van der Waals surface area contributed by atoms with Gasteiger partial charge < -0.3 is 15.3 Å². The Labute approximate surface area is 175 Å². The molecule has 3 N–H and O–H groups in total. The molecule has 1 unspecified atom stereocenters. The first-order valence-electron chi connectivity index (χ1n) is 10.8. The number of nitrogens with one attached hydrogen (secondary N) is 2. The highest BCUT2D eigenvalue weighted by molar-refractivity contribution is 6.07.